The van der Waals surface area contributed by atoms with Crippen LogP contribution in [0.15, 0.2) is 67.0 Å². The van der Waals surface area contributed by atoms with Crippen molar-refractivity contribution >= 4 is 33.5 Å². The number of hydrogen-bond acceptors (Lipinski definition) is 4. The van der Waals surface area contributed by atoms with Crippen LogP contribution in [-0.4, -0.2) is 20.1 Å². The zero-order valence-electron chi connectivity index (χ0n) is 23.2. The third kappa shape index (κ3) is 6.20. The molecule has 1 atom stereocenters. The van der Waals surface area contributed by atoms with E-state index in [1.165, 1.54) is 24.3 Å². The monoisotopic (exact) mass is 680 g/mol. The summed E-state index contributed by atoms with van der Waals surface area (Å²) in [6, 6.07) is 17.8. The molecule has 0 spiro atoms. The summed E-state index contributed by atoms with van der Waals surface area (Å²) < 4.78 is 37.2. The number of imidazole rings is 1. The average Bonchev–Trinajstić information content (AvgIpc) is 3.66. The Kier molecular flexibility index (Phi) is 9.24. The van der Waals surface area contributed by atoms with Gasteiger partial charge in [0, 0.05) is 56.0 Å². The molecule has 3 N–H and O–H groups in total. The highest BCUT2D eigenvalue weighted by Gasteiger charge is 2.31. The van der Waals surface area contributed by atoms with Gasteiger partial charge in [-0.25, -0.2) is 13.8 Å². The number of ether oxygens (including phenoxy) is 1. The Balaban J connectivity index is 1.45. The number of nitrogens with zero attached hydrogens (tertiary/aromatic N) is 2. The van der Waals surface area contributed by atoms with Crippen molar-refractivity contribution < 1.29 is 18.6 Å². The fourth-order valence-electron chi connectivity index (χ4n) is 5.40. The van der Waals surface area contributed by atoms with Crippen molar-refractivity contribution in [1.29, 1.82) is 5.26 Å². The standard InChI is InChI=1S/C33H31F2IN4O2/c1-33(13-5-3-2-4-6-14-37,21-8-7-9-22(36)16-21)30-19-39-32(40-30)25-17-23(10-11-27(25)34)42-31-26(20-41)24-12-15-38-29(24)18-28(31)35/h7-12,15-19,38,41H,2-6,13,20H2,1H3,(H,39,40). The number of hydrogen-bond donors (Lipinski definition) is 3. The minimum atomic E-state index is -0.638. The summed E-state index contributed by atoms with van der Waals surface area (Å²) in [6.07, 6.45) is 8.69. The van der Waals surface area contributed by atoms with E-state index in [4.69, 9.17) is 10.00 Å². The van der Waals surface area contributed by atoms with Gasteiger partial charge < -0.3 is 19.8 Å². The van der Waals surface area contributed by atoms with Crippen LogP contribution in [0, 0.1) is 26.5 Å². The van der Waals surface area contributed by atoms with Crippen molar-refractivity contribution in [2.75, 3.05) is 0 Å². The van der Waals surface area contributed by atoms with Gasteiger partial charge in [-0.1, -0.05) is 31.4 Å². The first-order valence-electron chi connectivity index (χ1n) is 13.9. The summed E-state index contributed by atoms with van der Waals surface area (Å²) in [7, 11) is 0. The quantitative estimate of drug-likeness (QED) is 0.0906. The van der Waals surface area contributed by atoms with E-state index in [9.17, 15) is 9.50 Å². The number of aromatic amines is 2. The zero-order valence-corrected chi connectivity index (χ0v) is 25.3. The third-order valence-corrected chi connectivity index (χ3v) is 8.46. The van der Waals surface area contributed by atoms with E-state index in [0.29, 0.717) is 28.7 Å². The SMILES string of the molecule is CC(CCCCCCC#N)(c1cccc(I)c1)c1cnc(-c2cc(Oc3c(F)cc4[nH]ccc4c3CO)ccc2F)[nH]1. The van der Waals surface area contributed by atoms with Crippen molar-refractivity contribution in [2.24, 2.45) is 0 Å². The summed E-state index contributed by atoms with van der Waals surface area (Å²) in [5.74, 6) is -0.696. The molecule has 5 aromatic rings. The van der Waals surface area contributed by atoms with Crippen LogP contribution in [0.5, 0.6) is 11.5 Å². The van der Waals surface area contributed by atoms with Crippen LogP contribution in [-0.2, 0) is 12.0 Å². The van der Waals surface area contributed by atoms with Gasteiger partial charge in [-0.3, -0.25) is 0 Å². The molecule has 6 nitrogen and oxygen atoms in total. The first-order valence-corrected chi connectivity index (χ1v) is 15.0. The lowest BCUT2D eigenvalue weighted by Gasteiger charge is -2.29. The van der Waals surface area contributed by atoms with E-state index < -0.39 is 23.7 Å². The van der Waals surface area contributed by atoms with Gasteiger partial charge in [-0.15, -0.1) is 0 Å². The number of H-pyrrole nitrogens is 2. The van der Waals surface area contributed by atoms with E-state index in [1.54, 1.807) is 18.5 Å². The van der Waals surface area contributed by atoms with Crippen LogP contribution in [0.3, 0.4) is 0 Å². The molecule has 5 rings (SSSR count). The second kappa shape index (κ2) is 13.0. The molecule has 1 unspecified atom stereocenters. The molecule has 42 heavy (non-hydrogen) atoms. The van der Waals surface area contributed by atoms with Crippen molar-refractivity contribution in [3.05, 3.63) is 99.0 Å². The summed E-state index contributed by atoms with van der Waals surface area (Å²) >= 11 is 2.30. The van der Waals surface area contributed by atoms with Crippen LogP contribution >= 0.6 is 22.6 Å². The van der Waals surface area contributed by atoms with E-state index in [2.05, 4.69) is 62.7 Å². The van der Waals surface area contributed by atoms with Gasteiger partial charge in [0.25, 0.3) is 0 Å². The Hall–Kier alpha value is -3.75. The summed E-state index contributed by atoms with van der Waals surface area (Å²) in [5, 5.41) is 19.4. The Morgan fingerprint density at radius 1 is 1.05 bits per heavy atom. The second-order valence-corrected chi connectivity index (χ2v) is 11.8. The number of rotatable bonds is 12. The zero-order chi connectivity index (χ0) is 29.7. The Morgan fingerprint density at radius 2 is 1.88 bits per heavy atom. The largest absolute Gasteiger partial charge is 0.454 e. The van der Waals surface area contributed by atoms with E-state index >= 15 is 4.39 Å². The average molecular weight is 681 g/mol. The number of fused-ring (bicyclic) bond motifs is 1. The van der Waals surface area contributed by atoms with Crippen molar-refractivity contribution in [3.8, 4) is 29.0 Å². The van der Waals surface area contributed by atoms with Crippen LogP contribution in [0.4, 0.5) is 8.78 Å². The smallest absolute Gasteiger partial charge is 0.169 e. The van der Waals surface area contributed by atoms with Gasteiger partial charge in [0.15, 0.2) is 11.6 Å². The summed E-state index contributed by atoms with van der Waals surface area (Å²) in [5.41, 5.74) is 2.62. The molecule has 216 valence electrons. The lowest BCUT2D eigenvalue weighted by atomic mass is 9.75. The summed E-state index contributed by atoms with van der Waals surface area (Å²) in [4.78, 5) is 10.9. The molecule has 2 heterocycles. The lowest BCUT2D eigenvalue weighted by Crippen LogP contribution is -2.24. The van der Waals surface area contributed by atoms with E-state index in [0.717, 1.165) is 46.9 Å². The molecule has 0 aliphatic carbocycles. The predicted molar refractivity (Wildman–Crippen MR) is 167 cm³/mol. The number of halogens is 3. The summed E-state index contributed by atoms with van der Waals surface area (Å²) in [6.45, 7) is 1.74. The Bertz CT molecular complexity index is 1740. The van der Waals surface area contributed by atoms with Gasteiger partial charge in [-0.2, -0.15) is 5.26 Å². The molecule has 0 saturated heterocycles. The fourth-order valence-corrected chi connectivity index (χ4v) is 5.94. The van der Waals surface area contributed by atoms with Crippen molar-refractivity contribution in [2.45, 2.75) is 57.5 Å². The number of aromatic nitrogens is 3. The van der Waals surface area contributed by atoms with Gasteiger partial charge >= 0.3 is 0 Å². The molecule has 0 saturated carbocycles. The van der Waals surface area contributed by atoms with Crippen molar-refractivity contribution in [3.63, 3.8) is 0 Å². The van der Waals surface area contributed by atoms with Gasteiger partial charge in [0.1, 0.15) is 17.4 Å². The van der Waals surface area contributed by atoms with E-state index in [1.807, 2.05) is 12.1 Å². The maximum atomic E-state index is 15.2. The number of benzene rings is 3. The van der Waals surface area contributed by atoms with Gasteiger partial charge in [0.05, 0.1) is 18.2 Å². The molecular weight excluding hydrogens is 649 g/mol. The highest BCUT2D eigenvalue weighted by atomic mass is 127. The number of unbranched alkanes of at least 4 members (excludes halogenated alkanes) is 4. The maximum absolute atomic E-state index is 15.2. The van der Waals surface area contributed by atoms with E-state index in [-0.39, 0.29) is 17.1 Å². The van der Waals surface area contributed by atoms with Crippen LogP contribution in [0.2, 0.25) is 0 Å². The molecule has 0 fully saturated rings. The number of nitriles is 1. The molecule has 0 aliphatic heterocycles. The molecule has 0 aliphatic rings. The first kappa shape index (κ1) is 29.7. The third-order valence-electron chi connectivity index (χ3n) is 7.78. The van der Waals surface area contributed by atoms with Gasteiger partial charge in [0.2, 0.25) is 0 Å². The molecule has 3 aromatic carbocycles. The molecule has 0 bridgehead atoms. The van der Waals surface area contributed by atoms with Crippen molar-refractivity contribution in [1.82, 2.24) is 15.0 Å². The number of aliphatic hydroxyl groups is 1. The normalized spacial score (nSPS) is 12.8. The molecular formula is C33H31F2IN4O2. The van der Waals surface area contributed by atoms with Crippen LogP contribution < -0.4 is 4.74 Å². The maximum Gasteiger partial charge on any atom is 0.169 e. The highest BCUT2D eigenvalue weighted by molar-refractivity contribution is 14.1. The second-order valence-electron chi connectivity index (χ2n) is 10.6. The predicted octanol–water partition coefficient (Wildman–Crippen LogP) is 8.90. The van der Waals surface area contributed by atoms with Gasteiger partial charge in [-0.05, 0) is 84.3 Å². The van der Waals surface area contributed by atoms with Crippen LogP contribution in [0.25, 0.3) is 22.3 Å². The first-order chi connectivity index (χ1) is 20.3. The molecule has 9 heteroatoms. The number of nitrogens with one attached hydrogen (secondary N) is 2. The molecule has 0 radical (unpaired) electrons. The molecule has 0 amide bonds. The molecule has 2 aromatic heterocycles. The Morgan fingerprint density at radius 3 is 2.67 bits per heavy atom. The minimum Gasteiger partial charge on any atom is -0.454 e. The fraction of sp³-hybridized carbons (Fsp3) is 0.273. The topological polar surface area (TPSA) is 97.7 Å². The lowest BCUT2D eigenvalue weighted by molar-refractivity contribution is 0.276. The Labute approximate surface area is 256 Å². The number of aliphatic hydroxyl groups excluding tert-OH is 1. The highest BCUT2D eigenvalue weighted by Crippen LogP contribution is 2.39. The van der Waals surface area contributed by atoms with Crippen LogP contribution in [0.1, 0.15) is 62.3 Å². The minimum absolute atomic E-state index is 0.108.